The average Bonchev–Trinajstić information content (AvgIpc) is 2.57. The summed E-state index contributed by atoms with van der Waals surface area (Å²) in [7, 11) is 0. The monoisotopic (exact) mass is 344 g/mol. The summed E-state index contributed by atoms with van der Waals surface area (Å²) >= 11 is 0. The molecule has 0 bridgehead atoms. The topological polar surface area (TPSA) is 64.7 Å². The zero-order valence-electron chi connectivity index (χ0n) is 15.9. The van der Waals surface area contributed by atoms with Crippen LogP contribution >= 0.6 is 0 Å². The van der Waals surface area contributed by atoms with Crippen molar-refractivity contribution in [2.75, 3.05) is 45.8 Å². The largest absolute Gasteiger partial charge is 0.355 e. The predicted molar refractivity (Wildman–Crippen MR) is 102 cm³/mol. The predicted octanol–water partition coefficient (Wildman–Crippen LogP) is 1.56. The Kier molecular flexibility index (Phi) is 9.95. The summed E-state index contributed by atoms with van der Waals surface area (Å²) < 4.78 is 0. The Balaban J connectivity index is 0. The second-order valence-electron chi connectivity index (χ2n) is 7.15. The molecule has 1 rings (SSSR count). The lowest BCUT2D eigenvalue weighted by molar-refractivity contribution is -0.135. The molecule has 24 heavy (non-hydrogen) atoms. The first-order valence-electron chi connectivity index (χ1n) is 9.42. The fourth-order valence-corrected chi connectivity index (χ4v) is 2.78. The average molecular weight is 345 g/mol. The van der Waals surface area contributed by atoms with Crippen molar-refractivity contribution < 1.29 is 12.4 Å². The van der Waals surface area contributed by atoms with Crippen LogP contribution in [-0.2, 0) is 9.59 Å². The molecule has 1 unspecified atom stereocenters. The van der Waals surface area contributed by atoms with Crippen LogP contribution in [-0.4, -0.2) is 73.5 Å². The van der Waals surface area contributed by atoms with Gasteiger partial charge < -0.3 is 15.5 Å². The van der Waals surface area contributed by atoms with Gasteiger partial charge in [-0.3, -0.25) is 14.5 Å². The lowest BCUT2D eigenvalue weighted by Crippen LogP contribution is -2.49. The molecule has 6 heteroatoms. The molecule has 1 aliphatic heterocycles. The first-order valence-corrected chi connectivity index (χ1v) is 9.42. The smallest absolute Gasteiger partial charge is 0.223 e. The molecule has 0 aromatic carbocycles. The van der Waals surface area contributed by atoms with E-state index in [1.807, 2.05) is 4.90 Å². The molecule has 6 nitrogen and oxygen atoms in total. The Morgan fingerprint density at radius 2 is 1.71 bits per heavy atom. The van der Waals surface area contributed by atoms with Gasteiger partial charge in [0.05, 0.1) is 0 Å². The highest BCUT2D eigenvalue weighted by Crippen LogP contribution is 2.09. The minimum Gasteiger partial charge on any atom is -0.355 e. The van der Waals surface area contributed by atoms with E-state index in [1.165, 1.54) is 6.42 Å². The van der Waals surface area contributed by atoms with Crippen molar-refractivity contribution in [2.45, 2.75) is 53.0 Å². The van der Waals surface area contributed by atoms with Gasteiger partial charge in [-0.2, -0.15) is 0 Å². The van der Waals surface area contributed by atoms with Crippen LogP contribution in [0.1, 0.15) is 49.8 Å². The highest BCUT2D eigenvalue weighted by Gasteiger charge is 2.22. The van der Waals surface area contributed by atoms with E-state index >= 15 is 0 Å². The quantitative estimate of drug-likeness (QED) is 0.590. The number of carbonyl (C=O) groups excluding carboxylic acids is 2. The second kappa shape index (κ2) is 11.4. The highest BCUT2D eigenvalue weighted by molar-refractivity contribution is 5.83. The number of piperazine rings is 1. The van der Waals surface area contributed by atoms with Crippen molar-refractivity contribution in [1.29, 1.82) is 0 Å². The molecule has 1 fully saturated rings. The van der Waals surface area contributed by atoms with E-state index in [0.717, 1.165) is 39.3 Å². The maximum atomic E-state index is 12.2. The van der Waals surface area contributed by atoms with E-state index in [-0.39, 0.29) is 21.1 Å². The summed E-state index contributed by atoms with van der Waals surface area (Å²) in [6, 6.07) is 0.419. The fourth-order valence-electron chi connectivity index (χ4n) is 2.78. The first-order chi connectivity index (χ1) is 11.4. The van der Waals surface area contributed by atoms with Gasteiger partial charge in [-0.1, -0.05) is 34.1 Å². The van der Waals surface area contributed by atoms with Crippen LogP contribution in [0.2, 0.25) is 0 Å². The van der Waals surface area contributed by atoms with Crippen molar-refractivity contribution in [1.82, 2.24) is 20.4 Å². The lowest BCUT2D eigenvalue weighted by Gasteiger charge is -2.36. The van der Waals surface area contributed by atoms with Crippen molar-refractivity contribution >= 4 is 11.8 Å². The maximum Gasteiger partial charge on any atom is 0.223 e. The van der Waals surface area contributed by atoms with Crippen molar-refractivity contribution in [2.24, 2.45) is 5.92 Å². The number of nitrogens with one attached hydrogen (secondary N) is 2. The van der Waals surface area contributed by atoms with Crippen LogP contribution < -0.4 is 10.6 Å². The van der Waals surface area contributed by atoms with Gasteiger partial charge in [-0.15, -0.1) is 0 Å². The standard InChI is InChI=1S/C18H36N4O2.2H2/c1-5-16(4)14-21-10-12-22(13-11-21)18(24)7-6-17(23)20-9-8-19-15(2)3;;/h15-16,19H,5-14H2,1-4H3,(H,20,23);2*1H. The van der Waals surface area contributed by atoms with Gasteiger partial charge >= 0.3 is 0 Å². The van der Waals surface area contributed by atoms with Crippen LogP contribution in [0.25, 0.3) is 0 Å². The maximum absolute atomic E-state index is 12.2. The second-order valence-corrected chi connectivity index (χ2v) is 7.15. The molecule has 1 heterocycles. The molecule has 1 atom stereocenters. The normalized spacial score (nSPS) is 17.1. The molecule has 0 aromatic rings. The summed E-state index contributed by atoms with van der Waals surface area (Å²) in [6.07, 6.45) is 1.79. The Bertz CT molecular complexity index is 389. The zero-order chi connectivity index (χ0) is 17.9. The molecule has 2 amide bonds. The third-order valence-corrected chi connectivity index (χ3v) is 4.56. The van der Waals surface area contributed by atoms with Crippen LogP contribution in [0.5, 0.6) is 0 Å². The molecule has 0 radical (unpaired) electrons. The number of amides is 2. The molecular weight excluding hydrogens is 304 g/mol. The summed E-state index contributed by atoms with van der Waals surface area (Å²) in [5, 5.41) is 6.10. The van der Waals surface area contributed by atoms with Gasteiger partial charge in [0.2, 0.25) is 11.8 Å². The number of hydrogen-bond donors (Lipinski definition) is 2. The van der Waals surface area contributed by atoms with Crippen LogP contribution in [0.3, 0.4) is 0 Å². The zero-order valence-corrected chi connectivity index (χ0v) is 15.9. The number of hydrogen-bond acceptors (Lipinski definition) is 4. The molecule has 1 saturated heterocycles. The van der Waals surface area contributed by atoms with Crippen molar-refractivity contribution in [3.05, 3.63) is 0 Å². The third-order valence-electron chi connectivity index (χ3n) is 4.56. The third kappa shape index (κ3) is 8.64. The van der Waals surface area contributed by atoms with E-state index in [2.05, 4.69) is 43.2 Å². The molecule has 0 aromatic heterocycles. The number of rotatable bonds is 10. The van der Waals surface area contributed by atoms with Crippen LogP contribution in [0.15, 0.2) is 0 Å². The molecule has 2 N–H and O–H groups in total. The lowest BCUT2D eigenvalue weighted by atomic mass is 10.1. The Morgan fingerprint density at radius 1 is 1.04 bits per heavy atom. The van der Waals surface area contributed by atoms with E-state index in [9.17, 15) is 9.59 Å². The van der Waals surface area contributed by atoms with Gasteiger partial charge in [0.1, 0.15) is 0 Å². The summed E-state index contributed by atoms with van der Waals surface area (Å²) in [6.45, 7) is 14.6. The summed E-state index contributed by atoms with van der Waals surface area (Å²) in [5.74, 6) is 0.777. The number of carbonyl (C=O) groups is 2. The fraction of sp³-hybridized carbons (Fsp3) is 0.889. The molecule has 144 valence electrons. The minimum absolute atomic E-state index is 0. The van der Waals surface area contributed by atoms with Crippen LogP contribution in [0.4, 0.5) is 0 Å². The molecule has 0 saturated carbocycles. The van der Waals surface area contributed by atoms with Gasteiger partial charge in [-0.25, -0.2) is 0 Å². The first kappa shape index (κ1) is 20.9. The van der Waals surface area contributed by atoms with Gasteiger partial charge in [-0.05, 0) is 5.92 Å². The minimum atomic E-state index is -0.0377. The summed E-state index contributed by atoms with van der Waals surface area (Å²) in [5.41, 5.74) is 0. The van der Waals surface area contributed by atoms with Crippen molar-refractivity contribution in [3.8, 4) is 0 Å². The Morgan fingerprint density at radius 3 is 2.29 bits per heavy atom. The van der Waals surface area contributed by atoms with Crippen molar-refractivity contribution in [3.63, 3.8) is 0 Å². The molecule has 0 aliphatic carbocycles. The highest BCUT2D eigenvalue weighted by atomic mass is 16.2. The Labute approximate surface area is 150 Å². The van der Waals surface area contributed by atoms with E-state index < -0.39 is 0 Å². The molecule has 1 aliphatic rings. The molecule has 0 spiro atoms. The van der Waals surface area contributed by atoms with Crippen LogP contribution in [0, 0.1) is 5.92 Å². The van der Waals surface area contributed by atoms with Gasteiger partial charge in [0, 0.05) is 67.6 Å². The van der Waals surface area contributed by atoms with E-state index in [0.29, 0.717) is 24.9 Å². The summed E-state index contributed by atoms with van der Waals surface area (Å²) in [4.78, 5) is 28.3. The number of nitrogens with zero attached hydrogens (tertiary/aromatic N) is 2. The van der Waals surface area contributed by atoms with E-state index in [4.69, 9.17) is 0 Å². The van der Waals surface area contributed by atoms with E-state index in [1.54, 1.807) is 0 Å². The Hall–Kier alpha value is -1.14. The molecular formula is C18H40N4O2. The SMILES string of the molecule is CCC(C)CN1CCN(C(=O)CCC(=O)NCCNC(C)C)CC1.[HH].[HH]. The van der Waals surface area contributed by atoms with Gasteiger partial charge in [0.25, 0.3) is 0 Å². The van der Waals surface area contributed by atoms with Gasteiger partial charge in [0.15, 0.2) is 0 Å².